The molecule has 25 heteroatoms. The molecule has 324 valence electrons. The summed E-state index contributed by atoms with van der Waals surface area (Å²) in [7, 11) is 0. The number of aliphatic carboxylic acids is 4. The number of amides is 4. The normalized spacial score (nSPS) is 12.6. The number of carboxylic acid groups (broad SMARTS) is 4. The van der Waals surface area contributed by atoms with Gasteiger partial charge in [-0.05, 0) is 0 Å². The van der Waals surface area contributed by atoms with E-state index in [4.69, 9.17) is 15.5 Å². The van der Waals surface area contributed by atoms with Gasteiger partial charge in [-0.1, -0.05) is 7.43 Å². The summed E-state index contributed by atoms with van der Waals surface area (Å²) in [6.07, 6.45) is 0.476. The van der Waals surface area contributed by atoms with Crippen LogP contribution in [0.2, 0.25) is 0 Å². The van der Waals surface area contributed by atoms with E-state index in [2.05, 4.69) is 72.4 Å². The summed E-state index contributed by atoms with van der Waals surface area (Å²) < 4.78 is 0.125. The predicted octanol–water partition coefficient (Wildman–Crippen LogP) is -5.11. The quantitative estimate of drug-likeness (QED) is 0.0351. The molecule has 2 aromatic rings. The standard InChI is InChI=1S/C16H23N3O6S2Se.C10H17N3O6S.C6H5NSSe.CH4/c17-10(16(24)25)3-4-12(20)19-11(15(23)18-7-13(21)22)8-27-14(28)6-9-2-1-5-26-9;11-5(10(18)19)1-2-7(14)13-6(4-20)9(17)12-3-8(15)16;7-5-9-4-6-2-1-3-8-6;/h1-2,5,10-11,14,28H,3-4,6-8,17H2,(H,18,23)(H,19,20)(H,21,22)(H,24,25);5-6,20H,1-4,11H2,(H,12,17)(H,13,14)(H,15,16)(H,18,19);1-3H,4H2;1H4. The molecule has 5 atom stereocenters. The van der Waals surface area contributed by atoms with E-state index in [-0.39, 0.29) is 63.7 Å². The molecular formula is C33H49N7O12S4Se2. The number of carbonyl (C=O) groups excluding carboxylic acids is 6. The van der Waals surface area contributed by atoms with Crippen LogP contribution in [-0.4, -0.2) is 142 Å². The number of nitrogens with zero attached hydrogens (tertiary/aromatic N) is 1. The Morgan fingerprint density at radius 3 is 1.69 bits per heavy atom. The summed E-state index contributed by atoms with van der Waals surface area (Å²) in [5.41, 5.74) is 6.67. The van der Waals surface area contributed by atoms with Crippen molar-refractivity contribution in [3.05, 3.63) is 44.8 Å². The van der Waals surface area contributed by atoms with Crippen molar-refractivity contribution >= 4 is 126 Å². The Bertz CT molecular complexity index is 1620. The molecule has 2 heterocycles. The van der Waals surface area contributed by atoms with Crippen LogP contribution < -0.4 is 42.9 Å². The molecular weight excluding hydrogens is 973 g/mol. The number of hydrogen-bond donors (Lipinski definition) is 9. The first-order valence-corrected chi connectivity index (χ1v) is 23.1. The van der Waals surface area contributed by atoms with E-state index in [1.54, 1.807) is 22.7 Å². The topological polar surface area (TPSA) is 350 Å². The monoisotopic (exact) mass is 1020 g/mol. The summed E-state index contributed by atoms with van der Waals surface area (Å²) >= 11 is 11.4. The number of nitrogens with one attached hydrogen (secondary N) is 4. The van der Waals surface area contributed by atoms with Crippen molar-refractivity contribution in [1.82, 2.24) is 21.3 Å². The van der Waals surface area contributed by atoms with Gasteiger partial charge in [-0.2, -0.15) is 12.6 Å². The van der Waals surface area contributed by atoms with Gasteiger partial charge >= 0.3 is 249 Å². The Labute approximate surface area is 367 Å². The van der Waals surface area contributed by atoms with E-state index in [0.29, 0.717) is 0 Å². The number of thiophene rings is 2. The van der Waals surface area contributed by atoms with Gasteiger partial charge in [-0.15, -0.1) is 0 Å². The number of carboxylic acids is 4. The first-order chi connectivity index (χ1) is 26.9. The van der Waals surface area contributed by atoms with Crippen LogP contribution >= 0.6 is 47.1 Å². The Kier molecular flexibility index (Phi) is 32.3. The molecule has 12 N–H and O–H groups in total. The number of rotatable bonds is 24. The fourth-order valence-corrected chi connectivity index (χ4v) is 8.91. The van der Waals surface area contributed by atoms with E-state index in [1.165, 1.54) is 21.5 Å². The van der Waals surface area contributed by atoms with Crippen LogP contribution in [-0.2, 0) is 50.1 Å². The molecule has 0 radical (unpaired) electrons. The number of hydrogen-bond acceptors (Lipinski definition) is 15. The molecule has 19 nitrogen and oxygen atoms in total. The van der Waals surface area contributed by atoms with Crippen LogP contribution in [0.5, 0.6) is 0 Å². The van der Waals surface area contributed by atoms with Crippen molar-refractivity contribution in [3.8, 4) is 4.97 Å². The summed E-state index contributed by atoms with van der Waals surface area (Å²) in [5, 5.41) is 60.7. The zero-order valence-electron chi connectivity index (χ0n) is 30.3. The molecule has 5 unspecified atom stereocenters. The number of thioether (sulfide) groups is 1. The van der Waals surface area contributed by atoms with Gasteiger partial charge in [0.05, 0.1) is 5.97 Å². The second kappa shape index (κ2) is 33.2. The molecule has 2 rings (SSSR count). The van der Waals surface area contributed by atoms with Gasteiger partial charge in [-0.3, -0.25) is 14.4 Å². The first-order valence-electron chi connectivity index (χ1n) is 16.5. The zero-order chi connectivity index (χ0) is 43.3. The molecule has 0 aliphatic carbocycles. The van der Waals surface area contributed by atoms with Crippen molar-refractivity contribution in [2.24, 2.45) is 0 Å². The number of thiol groups is 1. The van der Waals surface area contributed by atoms with Crippen molar-refractivity contribution in [1.29, 1.82) is 5.26 Å². The second-order valence-electron chi connectivity index (χ2n) is 11.3. The average Bonchev–Trinajstić information content (AvgIpc) is 3.89. The zero-order valence-corrected chi connectivity index (χ0v) is 37.2. The van der Waals surface area contributed by atoms with Crippen LogP contribution in [0.4, 0.5) is 0 Å². The first kappa shape index (κ1) is 56.4. The molecule has 58 heavy (non-hydrogen) atoms. The van der Waals surface area contributed by atoms with Gasteiger partial charge in [0, 0.05) is 18.6 Å². The number of carbonyl (C=O) groups is 8. The van der Waals surface area contributed by atoms with E-state index >= 15 is 0 Å². The van der Waals surface area contributed by atoms with Crippen molar-refractivity contribution in [2.75, 3.05) is 24.6 Å². The number of quaternary nitrogens is 2. The summed E-state index contributed by atoms with van der Waals surface area (Å²) in [6.45, 7) is -1.12. The molecule has 0 saturated carbocycles. The molecule has 0 aliphatic heterocycles. The average molecular weight is 1020 g/mol. The molecule has 0 saturated heterocycles. The summed E-state index contributed by atoms with van der Waals surface area (Å²) in [5.74, 6) is -7.23. The maximum atomic E-state index is 12.2. The fraction of sp³-hybridized carbons (Fsp3) is 0.485. The second-order valence-corrected chi connectivity index (χ2v) is 18.6. The molecule has 4 amide bonds. The van der Waals surface area contributed by atoms with E-state index < -0.39 is 84.8 Å². The van der Waals surface area contributed by atoms with Crippen LogP contribution in [0.3, 0.4) is 0 Å². The van der Waals surface area contributed by atoms with Crippen LogP contribution in [0, 0.1) is 10.2 Å². The molecule has 0 aliphatic rings. The Balaban J connectivity index is 0. The summed E-state index contributed by atoms with van der Waals surface area (Å²) in [4.78, 5) is 94.0. The van der Waals surface area contributed by atoms with Gasteiger partial charge in [0.2, 0.25) is 11.8 Å². The van der Waals surface area contributed by atoms with Crippen molar-refractivity contribution in [2.45, 2.75) is 73.2 Å². The van der Waals surface area contributed by atoms with Gasteiger partial charge in [0.25, 0.3) is 0 Å². The van der Waals surface area contributed by atoms with Crippen LogP contribution in [0.1, 0.15) is 42.9 Å². The van der Waals surface area contributed by atoms with Gasteiger partial charge in [0.1, 0.15) is 18.6 Å². The van der Waals surface area contributed by atoms with Gasteiger partial charge in [-0.25, -0.2) is 0 Å². The molecule has 2 aromatic heterocycles. The molecule has 0 fully saturated rings. The fourth-order valence-electron chi connectivity index (χ4n) is 3.69. The third kappa shape index (κ3) is 28.7. The Hall–Kier alpha value is -3.69. The predicted molar refractivity (Wildman–Crippen MR) is 218 cm³/mol. The Morgan fingerprint density at radius 1 is 0.845 bits per heavy atom. The van der Waals surface area contributed by atoms with Crippen molar-refractivity contribution in [3.63, 3.8) is 0 Å². The summed E-state index contributed by atoms with van der Waals surface area (Å²) in [6, 6.07) is 4.09. The third-order valence-electron chi connectivity index (χ3n) is 6.69. The van der Waals surface area contributed by atoms with Crippen LogP contribution in [0.25, 0.3) is 0 Å². The van der Waals surface area contributed by atoms with Crippen LogP contribution in [0.15, 0.2) is 35.0 Å². The third-order valence-corrected chi connectivity index (χ3v) is 12.9. The minimum absolute atomic E-state index is 0. The van der Waals surface area contributed by atoms with Crippen molar-refractivity contribution < 1.29 is 70.2 Å². The SMILES string of the molecule is C.N#C[Se]Cc1cccs1.[NH3+]C(CCC(=O)NC(CS)C(=O)NCC(=O)O)C(=O)[O-].[NH3+]C(CCC(=O)NC(CSC([SeH])Cc1cccs1)C(=O)NCC(=O)O)C(=O)[O-]. The Morgan fingerprint density at radius 2 is 1.29 bits per heavy atom. The molecule has 0 spiro atoms. The van der Waals surface area contributed by atoms with E-state index in [9.17, 15) is 48.6 Å². The number of nitriles is 1. The minimum atomic E-state index is -1.36. The maximum absolute atomic E-state index is 12.2. The van der Waals surface area contributed by atoms with Gasteiger partial charge < -0.3 is 31.4 Å². The van der Waals surface area contributed by atoms with E-state index in [1.807, 2.05) is 29.0 Å². The molecule has 0 bridgehead atoms. The van der Waals surface area contributed by atoms with E-state index in [0.717, 1.165) is 11.7 Å². The van der Waals surface area contributed by atoms with Gasteiger partial charge in [0.15, 0.2) is 0 Å². The molecule has 0 aromatic carbocycles.